The molecule has 0 radical (unpaired) electrons. The van der Waals surface area contributed by atoms with Crippen LogP contribution in [0.4, 0.5) is 11.4 Å². The molecule has 0 atom stereocenters. The van der Waals surface area contributed by atoms with E-state index in [2.05, 4.69) is 12.2 Å². The Balaban J connectivity index is 2.24. The first-order valence-electron chi connectivity index (χ1n) is 6.81. The van der Waals surface area contributed by atoms with Gasteiger partial charge in [-0.15, -0.1) is 0 Å². The summed E-state index contributed by atoms with van der Waals surface area (Å²) < 4.78 is 0. The van der Waals surface area contributed by atoms with Gasteiger partial charge in [-0.1, -0.05) is 12.8 Å². The molecule has 3 N–H and O–H groups in total. The molecule has 1 fully saturated rings. The lowest BCUT2D eigenvalue weighted by molar-refractivity contribution is 0.0827. The number of rotatable bonds is 3. The topological polar surface area (TPSA) is 58.4 Å². The van der Waals surface area contributed by atoms with E-state index < -0.39 is 0 Å². The fourth-order valence-electron chi connectivity index (χ4n) is 2.66. The molecule has 0 aliphatic heterocycles. The molecule has 2 rings (SSSR count). The molecule has 1 amide bonds. The molecule has 1 aromatic rings. The summed E-state index contributed by atoms with van der Waals surface area (Å²) in [7, 11) is 3.51. The Morgan fingerprint density at radius 1 is 1.32 bits per heavy atom. The molecule has 1 aromatic carbocycles. The molecule has 0 heterocycles. The maximum absolute atomic E-state index is 12.0. The minimum atomic E-state index is -0.000347. The molecule has 0 bridgehead atoms. The van der Waals surface area contributed by atoms with Crippen LogP contribution in [0.5, 0.6) is 0 Å². The first-order chi connectivity index (χ1) is 8.91. The molecule has 4 nitrogen and oxygen atoms in total. The van der Waals surface area contributed by atoms with E-state index >= 15 is 0 Å². The average molecular weight is 261 g/mol. The maximum atomic E-state index is 12.0. The first kappa shape index (κ1) is 13.7. The molecule has 1 aliphatic carbocycles. The first-order valence-corrected chi connectivity index (χ1v) is 6.81. The molecule has 19 heavy (non-hydrogen) atoms. The maximum Gasteiger partial charge on any atom is 0.253 e. The largest absolute Gasteiger partial charge is 0.397 e. The van der Waals surface area contributed by atoms with Crippen molar-refractivity contribution in [1.82, 2.24) is 4.90 Å². The fraction of sp³-hybridized carbons (Fsp3) is 0.533. The number of nitrogens with one attached hydrogen (secondary N) is 1. The Kier molecular flexibility index (Phi) is 3.69. The van der Waals surface area contributed by atoms with Crippen molar-refractivity contribution in [3.05, 3.63) is 23.8 Å². The van der Waals surface area contributed by atoms with Crippen LogP contribution in [0.1, 0.15) is 43.0 Å². The van der Waals surface area contributed by atoms with Crippen molar-refractivity contribution < 1.29 is 4.79 Å². The second-order valence-electron chi connectivity index (χ2n) is 5.89. The molecule has 0 saturated heterocycles. The lowest BCUT2D eigenvalue weighted by Crippen LogP contribution is -2.31. The van der Waals surface area contributed by atoms with Gasteiger partial charge in [0.25, 0.3) is 5.91 Å². The molecule has 0 spiro atoms. The van der Waals surface area contributed by atoms with Gasteiger partial charge < -0.3 is 16.0 Å². The minimum absolute atomic E-state index is 0.000347. The van der Waals surface area contributed by atoms with Crippen molar-refractivity contribution >= 4 is 17.3 Å². The average Bonchev–Trinajstić information content (AvgIpc) is 2.78. The van der Waals surface area contributed by atoms with Gasteiger partial charge in [-0.3, -0.25) is 4.79 Å². The molecule has 1 aliphatic rings. The van der Waals surface area contributed by atoms with Crippen LogP contribution >= 0.6 is 0 Å². The van der Waals surface area contributed by atoms with Crippen molar-refractivity contribution in [2.24, 2.45) is 0 Å². The smallest absolute Gasteiger partial charge is 0.253 e. The van der Waals surface area contributed by atoms with Crippen LogP contribution in [0.25, 0.3) is 0 Å². The van der Waals surface area contributed by atoms with Crippen LogP contribution in [-0.4, -0.2) is 30.4 Å². The van der Waals surface area contributed by atoms with Gasteiger partial charge in [-0.05, 0) is 38.0 Å². The van der Waals surface area contributed by atoms with Crippen molar-refractivity contribution in [3.63, 3.8) is 0 Å². The molecule has 104 valence electrons. The molecular weight excluding hydrogens is 238 g/mol. The molecule has 1 saturated carbocycles. The third-order valence-electron chi connectivity index (χ3n) is 3.85. The van der Waals surface area contributed by atoms with E-state index in [1.807, 2.05) is 6.07 Å². The fourth-order valence-corrected chi connectivity index (χ4v) is 2.66. The predicted molar refractivity (Wildman–Crippen MR) is 79.4 cm³/mol. The van der Waals surface area contributed by atoms with E-state index in [0.717, 1.165) is 18.5 Å². The van der Waals surface area contributed by atoms with E-state index in [0.29, 0.717) is 11.3 Å². The highest BCUT2D eigenvalue weighted by Crippen LogP contribution is 2.34. The summed E-state index contributed by atoms with van der Waals surface area (Å²) in [5, 5.41) is 3.52. The summed E-state index contributed by atoms with van der Waals surface area (Å²) in [6.45, 7) is 2.22. The number of hydrogen-bond donors (Lipinski definition) is 2. The Labute approximate surface area is 115 Å². The number of anilines is 2. The van der Waals surface area contributed by atoms with Gasteiger partial charge in [-0.25, -0.2) is 0 Å². The van der Waals surface area contributed by atoms with Gasteiger partial charge in [0.1, 0.15) is 0 Å². The van der Waals surface area contributed by atoms with Crippen LogP contribution in [0.15, 0.2) is 18.2 Å². The lowest BCUT2D eigenvalue weighted by atomic mass is 9.99. The van der Waals surface area contributed by atoms with Crippen molar-refractivity contribution in [1.29, 1.82) is 0 Å². The number of nitrogens with two attached hydrogens (primary N) is 1. The standard InChI is InChI=1S/C15H23N3O/c1-15(8-4-5-9-15)17-13-10-11(6-7-12(13)16)14(19)18(2)3/h6-7,10,17H,4-5,8-9,16H2,1-3H3. The van der Waals surface area contributed by atoms with E-state index in [4.69, 9.17) is 5.73 Å². The summed E-state index contributed by atoms with van der Waals surface area (Å²) >= 11 is 0. The Bertz CT molecular complexity index is 476. The monoisotopic (exact) mass is 261 g/mol. The highest BCUT2D eigenvalue weighted by Gasteiger charge is 2.28. The molecule has 4 heteroatoms. The second kappa shape index (κ2) is 5.11. The van der Waals surface area contributed by atoms with E-state index in [1.54, 1.807) is 31.1 Å². The predicted octanol–water partition coefficient (Wildman–Crippen LogP) is 2.72. The number of nitrogen functional groups attached to an aromatic ring is 1. The van der Waals surface area contributed by atoms with Crippen LogP contribution in [-0.2, 0) is 0 Å². The summed E-state index contributed by atoms with van der Waals surface area (Å²) in [6.07, 6.45) is 4.80. The third kappa shape index (κ3) is 3.00. The number of nitrogens with zero attached hydrogens (tertiary/aromatic N) is 1. The zero-order chi connectivity index (χ0) is 14.0. The van der Waals surface area contributed by atoms with E-state index in [1.165, 1.54) is 12.8 Å². The Hall–Kier alpha value is -1.71. The highest BCUT2D eigenvalue weighted by atomic mass is 16.2. The van der Waals surface area contributed by atoms with Crippen LogP contribution in [0.2, 0.25) is 0 Å². The molecular formula is C15H23N3O. The van der Waals surface area contributed by atoms with Gasteiger partial charge in [0.2, 0.25) is 0 Å². The summed E-state index contributed by atoms with van der Waals surface area (Å²) in [4.78, 5) is 13.6. The van der Waals surface area contributed by atoms with Crippen molar-refractivity contribution in [2.45, 2.75) is 38.1 Å². The van der Waals surface area contributed by atoms with Gasteiger partial charge >= 0.3 is 0 Å². The summed E-state index contributed by atoms with van der Waals surface area (Å²) in [5.74, 6) is -0.000347. The lowest BCUT2D eigenvalue weighted by Gasteiger charge is -2.28. The Morgan fingerprint density at radius 3 is 2.53 bits per heavy atom. The normalized spacial score (nSPS) is 17.2. The molecule has 0 unspecified atom stereocenters. The number of amides is 1. The zero-order valence-electron chi connectivity index (χ0n) is 12.0. The highest BCUT2D eigenvalue weighted by molar-refractivity contribution is 5.96. The number of carbonyl (C=O) groups excluding carboxylic acids is 1. The third-order valence-corrected chi connectivity index (χ3v) is 3.85. The quantitative estimate of drug-likeness (QED) is 0.822. The minimum Gasteiger partial charge on any atom is -0.397 e. The number of hydrogen-bond acceptors (Lipinski definition) is 3. The van der Waals surface area contributed by atoms with Crippen LogP contribution in [0, 0.1) is 0 Å². The van der Waals surface area contributed by atoms with E-state index in [-0.39, 0.29) is 11.4 Å². The van der Waals surface area contributed by atoms with Gasteiger partial charge in [0, 0.05) is 25.2 Å². The number of carbonyl (C=O) groups is 1. The summed E-state index contributed by atoms with van der Waals surface area (Å²) in [5.41, 5.74) is 8.36. The van der Waals surface area contributed by atoms with Crippen LogP contribution in [0.3, 0.4) is 0 Å². The van der Waals surface area contributed by atoms with Gasteiger partial charge in [0.15, 0.2) is 0 Å². The summed E-state index contributed by atoms with van der Waals surface area (Å²) in [6, 6.07) is 5.44. The van der Waals surface area contributed by atoms with Gasteiger partial charge in [-0.2, -0.15) is 0 Å². The molecule has 0 aromatic heterocycles. The van der Waals surface area contributed by atoms with Crippen molar-refractivity contribution in [3.8, 4) is 0 Å². The van der Waals surface area contributed by atoms with Crippen molar-refractivity contribution in [2.75, 3.05) is 25.1 Å². The SMILES string of the molecule is CN(C)C(=O)c1ccc(N)c(NC2(C)CCCC2)c1. The van der Waals surface area contributed by atoms with E-state index in [9.17, 15) is 4.79 Å². The second-order valence-corrected chi connectivity index (χ2v) is 5.89. The Morgan fingerprint density at radius 2 is 1.95 bits per heavy atom. The number of benzene rings is 1. The van der Waals surface area contributed by atoms with Gasteiger partial charge in [0.05, 0.1) is 11.4 Å². The van der Waals surface area contributed by atoms with Crippen LogP contribution < -0.4 is 11.1 Å². The zero-order valence-corrected chi connectivity index (χ0v) is 12.0.